The molecule has 0 saturated carbocycles. The molecule has 1 saturated heterocycles. The Morgan fingerprint density at radius 1 is 1.62 bits per heavy atom. The number of halogens is 2. The Bertz CT molecular complexity index is 479. The van der Waals surface area contributed by atoms with E-state index in [4.69, 9.17) is 15.2 Å². The second-order valence-electron chi connectivity index (χ2n) is 5.20. The van der Waals surface area contributed by atoms with Crippen molar-refractivity contribution < 1.29 is 23.4 Å². The zero-order chi connectivity index (χ0) is 15.8. The predicted octanol–water partition coefficient (Wildman–Crippen LogP) is 0.790. The molecule has 1 unspecified atom stereocenters. The van der Waals surface area contributed by atoms with Crippen LogP contribution in [-0.2, 0) is 9.47 Å². The highest BCUT2D eigenvalue weighted by molar-refractivity contribution is 5.92. The van der Waals surface area contributed by atoms with Gasteiger partial charge in [0.05, 0.1) is 12.7 Å². The quantitative estimate of drug-likeness (QED) is 0.802. The molecular formula is C13H19F2N3O3. The molecule has 0 radical (unpaired) electrons. The Labute approximate surface area is 121 Å². The molecule has 2 rings (SSSR count). The molecule has 0 bridgehead atoms. The lowest BCUT2D eigenvalue weighted by molar-refractivity contribution is -0.149. The summed E-state index contributed by atoms with van der Waals surface area (Å²) < 4.78 is 38.9. The summed E-state index contributed by atoms with van der Waals surface area (Å²) in [4.78, 5) is 4.86. The first-order valence-electron chi connectivity index (χ1n) is 6.56. The number of hydrogen-bond donors (Lipinski definition) is 2. The summed E-state index contributed by atoms with van der Waals surface area (Å²) in [7, 11) is 0. The standard InChI is InChI=1S/C13H19F2N3O3/c1-7(2)20-6-9-11(19)13(14,15)12(21-9)18-5-4-10(16)17-8(18)3/h4-5,7,9,11-12,19H,3,6H2,1-2H3,(H2,16,17)/t9-,11?,12-/m1/s1. The van der Waals surface area contributed by atoms with Crippen molar-refractivity contribution in [1.82, 2.24) is 4.90 Å². The number of aliphatic hydroxyl groups is 1. The summed E-state index contributed by atoms with van der Waals surface area (Å²) in [6.45, 7) is 6.97. The lowest BCUT2D eigenvalue weighted by Crippen LogP contribution is -2.47. The largest absolute Gasteiger partial charge is 0.384 e. The van der Waals surface area contributed by atoms with Gasteiger partial charge in [-0.3, -0.25) is 0 Å². The third-order valence-corrected chi connectivity index (χ3v) is 3.19. The molecule has 0 aromatic carbocycles. The van der Waals surface area contributed by atoms with Crippen LogP contribution in [-0.4, -0.2) is 52.9 Å². The summed E-state index contributed by atoms with van der Waals surface area (Å²) in [6.07, 6.45) is -2.28. The van der Waals surface area contributed by atoms with Crippen LogP contribution in [0.5, 0.6) is 0 Å². The molecule has 8 heteroatoms. The molecule has 0 aliphatic carbocycles. The molecule has 0 spiro atoms. The average molecular weight is 303 g/mol. The molecule has 6 nitrogen and oxygen atoms in total. The van der Waals surface area contributed by atoms with Crippen molar-refractivity contribution in [2.45, 2.75) is 44.3 Å². The smallest absolute Gasteiger partial charge is 0.320 e. The second-order valence-corrected chi connectivity index (χ2v) is 5.20. The van der Waals surface area contributed by atoms with Crippen LogP contribution in [0, 0.1) is 0 Å². The number of rotatable bonds is 4. The fourth-order valence-corrected chi connectivity index (χ4v) is 2.09. The maximum atomic E-state index is 14.2. The van der Waals surface area contributed by atoms with Crippen molar-refractivity contribution >= 4 is 5.84 Å². The Kier molecular flexibility index (Phi) is 4.31. The van der Waals surface area contributed by atoms with Gasteiger partial charge in [-0.1, -0.05) is 6.58 Å². The number of nitrogens with two attached hydrogens (primary N) is 1. The SMILES string of the molecule is C=C1N=C(N)C=CN1[C@@H]1O[C@H](COC(C)C)C(O)C1(F)F. The minimum absolute atomic E-state index is 0.0253. The molecule has 0 aromatic heterocycles. The van der Waals surface area contributed by atoms with Crippen LogP contribution >= 0.6 is 0 Å². The van der Waals surface area contributed by atoms with Crippen LogP contribution in [0.3, 0.4) is 0 Å². The number of amidine groups is 1. The molecule has 0 amide bonds. The third kappa shape index (κ3) is 3.07. The van der Waals surface area contributed by atoms with Crippen LogP contribution in [0.15, 0.2) is 29.7 Å². The predicted molar refractivity (Wildman–Crippen MR) is 72.4 cm³/mol. The molecule has 21 heavy (non-hydrogen) atoms. The van der Waals surface area contributed by atoms with E-state index in [0.29, 0.717) is 0 Å². The number of ether oxygens (including phenoxy) is 2. The van der Waals surface area contributed by atoms with E-state index in [0.717, 1.165) is 4.90 Å². The van der Waals surface area contributed by atoms with Gasteiger partial charge < -0.3 is 25.2 Å². The monoisotopic (exact) mass is 303 g/mol. The molecule has 2 aliphatic heterocycles. The first-order valence-corrected chi connectivity index (χ1v) is 6.56. The molecule has 1 fully saturated rings. The first-order chi connectivity index (χ1) is 9.73. The topological polar surface area (TPSA) is 80.3 Å². The van der Waals surface area contributed by atoms with Gasteiger partial charge in [0.25, 0.3) is 0 Å². The van der Waals surface area contributed by atoms with Crippen LogP contribution < -0.4 is 5.73 Å². The molecule has 3 atom stereocenters. The van der Waals surface area contributed by atoms with E-state index in [2.05, 4.69) is 11.6 Å². The summed E-state index contributed by atoms with van der Waals surface area (Å²) in [5.41, 5.74) is 5.47. The van der Waals surface area contributed by atoms with Crippen molar-refractivity contribution in [1.29, 1.82) is 0 Å². The van der Waals surface area contributed by atoms with E-state index in [1.54, 1.807) is 13.8 Å². The Morgan fingerprint density at radius 2 is 2.29 bits per heavy atom. The Morgan fingerprint density at radius 3 is 2.86 bits per heavy atom. The fourth-order valence-electron chi connectivity index (χ4n) is 2.09. The van der Waals surface area contributed by atoms with Gasteiger partial charge in [-0.15, -0.1) is 0 Å². The minimum atomic E-state index is -3.49. The number of nitrogens with zero attached hydrogens (tertiary/aromatic N) is 2. The maximum absolute atomic E-state index is 14.2. The fraction of sp³-hybridized carbons (Fsp3) is 0.615. The minimum Gasteiger partial charge on any atom is -0.384 e. The number of hydrogen-bond acceptors (Lipinski definition) is 6. The van der Waals surface area contributed by atoms with Gasteiger partial charge in [0.2, 0.25) is 6.23 Å². The Balaban J connectivity index is 2.13. The molecule has 2 heterocycles. The zero-order valence-corrected chi connectivity index (χ0v) is 11.9. The average Bonchev–Trinajstić information content (AvgIpc) is 2.60. The highest BCUT2D eigenvalue weighted by Crippen LogP contribution is 2.40. The van der Waals surface area contributed by atoms with Gasteiger partial charge in [0.15, 0.2) is 6.10 Å². The molecule has 118 valence electrons. The van der Waals surface area contributed by atoms with Crippen LogP contribution in [0.25, 0.3) is 0 Å². The van der Waals surface area contributed by atoms with Crippen LogP contribution in [0.1, 0.15) is 13.8 Å². The summed E-state index contributed by atoms with van der Waals surface area (Å²) in [5, 5.41) is 9.77. The van der Waals surface area contributed by atoms with E-state index < -0.39 is 24.4 Å². The second kappa shape index (κ2) is 5.70. The number of alkyl halides is 2. The molecule has 2 aliphatic rings. The summed E-state index contributed by atoms with van der Waals surface area (Å²) in [5.74, 6) is -3.30. The Hall–Kier alpha value is -1.51. The van der Waals surface area contributed by atoms with Gasteiger partial charge in [-0.2, -0.15) is 8.78 Å². The maximum Gasteiger partial charge on any atom is 0.320 e. The van der Waals surface area contributed by atoms with Gasteiger partial charge in [-0.05, 0) is 19.9 Å². The van der Waals surface area contributed by atoms with E-state index in [-0.39, 0.29) is 24.4 Å². The normalized spacial score (nSPS) is 31.9. The van der Waals surface area contributed by atoms with Gasteiger partial charge in [0, 0.05) is 6.20 Å². The summed E-state index contributed by atoms with van der Waals surface area (Å²) >= 11 is 0. The lowest BCUT2D eigenvalue weighted by atomic mass is 10.1. The van der Waals surface area contributed by atoms with E-state index in [1.165, 1.54) is 12.3 Å². The van der Waals surface area contributed by atoms with Gasteiger partial charge in [0.1, 0.15) is 17.8 Å². The van der Waals surface area contributed by atoms with Gasteiger partial charge in [-0.25, -0.2) is 4.99 Å². The van der Waals surface area contributed by atoms with Crippen molar-refractivity contribution in [3.05, 3.63) is 24.7 Å². The van der Waals surface area contributed by atoms with Crippen LogP contribution in [0.2, 0.25) is 0 Å². The van der Waals surface area contributed by atoms with Crippen LogP contribution in [0.4, 0.5) is 8.78 Å². The van der Waals surface area contributed by atoms with E-state index in [9.17, 15) is 13.9 Å². The highest BCUT2D eigenvalue weighted by Gasteiger charge is 2.60. The first kappa shape index (κ1) is 15.9. The van der Waals surface area contributed by atoms with E-state index >= 15 is 0 Å². The zero-order valence-electron chi connectivity index (χ0n) is 11.9. The van der Waals surface area contributed by atoms with Crippen molar-refractivity contribution in [2.75, 3.05) is 6.61 Å². The molecular weight excluding hydrogens is 284 g/mol. The third-order valence-electron chi connectivity index (χ3n) is 3.19. The van der Waals surface area contributed by atoms with Crippen molar-refractivity contribution in [2.24, 2.45) is 10.7 Å². The summed E-state index contributed by atoms with van der Waals surface area (Å²) in [6, 6.07) is 0. The van der Waals surface area contributed by atoms with Gasteiger partial charge >= 0.3 is 5.92 Å². The molecule has 3 N–H and O–H groups in total. The lowest BCUT2D eigenvalue weighted by Gasteiger charge is -2.31. The van der Waals surface area contributed by atoms with Crippen molar-refractivity contribution in [3.63, 3.8) is 0 Å². The van der Waals surface area contributed by atoms with E-state index in [1.807, 2.05) is 0 Å². The highest BCUT2D eigenvalue weighted by atomic mass is 19.3. The van der Waals surface area contributed by atoms with Crippen molar-refractivity contribution in [3.8, 4) is 0 Å². The number of aliphatic imine (C=N–C) groups is 1. The molecule has 0 aromatic rings. The number of aliphatic hydroxyl groups excluding tert-OH is 1.